The Labute approximate surface area is 152 Å². The molecular formula is C18H25NO5S. The first-order valence-corrected chi connectivity index (χ1v) is 8.98. The van der Waals surface area contributed by atoms with Crippen LogP contribution in [-0.4, -0.2) is 39.7 Å². The Morgan fingerprint density at radius 2 is 1.72 bits per heavy atom. The maximum atomic E-state index is 12.6. The van der Waals surface area contributed by atoms with Crippen LogP contribution in [0.4, 0.5) is 10.5 Å². The molecule has 0 saturated heterocycles. The van der Waals surface area contributed by atoms with Crippen molar-refractivity contribution in [3.8, 4) is 0 Å². The Hall–Kier alpha value is -2.02. The average molecular weight is 367 g/mol. The predicted octanol–water partition coefficient (Wildman–Crippen LogP) is 3.80. The van der Waals surface area contributed by atoms with E-state index in [4.69, 9.17) is 9.84 Å². The number of hydrogen-bond acceptors (Lipinski definition) is 5. The Morgan fingerprint density at radius 1 is 1.16 bits per heavy atom. The van der Waals surface area contributed by atoms with Crippen LogP contribution < -0.4 is 4.90 Å². The van der Waals surface area contributed by atoms with E-state index in [1.165, 1.54) is 11.8 Å². The Morgan fingerprint density at radius 3 is 2.20 bits per heavy atom. The van der Waals surface area contributed by atoms with E-state index in [2.05, 4.69) is 0 Å². The van der Waals surface area contributed by atoms with Gasteiger partial charge >= 0.3 is 12.1 Å². The van der Waals surface area contributed by atoms with E-state index < -0.39 is 29.6 Å². The number of ether oxygens (including phenoxy) is 1. The van der Waals surface area contributed by atoms with Crippen molar-refractivity contribution >= 4 is 34.6 Å². The zero-order chi connectivity index (χ0) is 19.2. The van der Waals surface area contributed by atoms with Crippen LogP contribution in [-0.2, 0) is 14.3 Å². The lowest BCUT2D eigenvalue weighted by Gasteiger charge is -2.31. The van der Waals surface area contributed by atoms with Crippen LogP contribution in [0.15, 0.2) is 30.3 Å². The van der Waals surface area contributed by atoms with Crippen molar-refractivity contribution in [3.63, 3.8) is 0 Å². The molecule has 0 heterocycles. The number of amides is 1. The largest absolute Gasteiger partial charge is 0.481 e. The van der Waals surface area contributed by atoms with Crippen molar-refractivity contribution in [2.45, 2.75) is 46.3 Å². The van der Waals surface area contributed by atoms with Gasteiger partial charge in [0.2, 0.25) is 5.12 Å². The quantitative estimate of drug-likeness (QED) is 0.823. The highest BCUT2D eigenvalue weighted by Crippen LogP contribution is 2.24. The molecule has 0 aliphatic heterocycles. The van der Waals surface area contributed by atoms with E-state index in [-0.39, 0.29) is 10.9 Å². The Kier molecular flexibility index (Phi) is 7.48. The maximum Gasteiger partial charge on any atom is 0.415 e. The van der Waals surface area contributed by atoms with Gasteiger partial charge < -0.3 is 9.84 Å². The third kappa shape index (κ3) is 6.78. The molecule has 1 rings (SSSR count). The van der Waals surface area contributed by atoms with Crippen LogP contribution in [0.25, 0.3) is 0 Å². The molecule has 0 aliphatic carbocycles. The molecule has 1 N–H and O–H groups in total. The number of thioether (sulfide) groups is 1. The molecule has 1 unspecified atom stereocenters. The fraction of sp³-hybridized carbons (Fsp3) is 0.500. The maximum absolute atomic E-state index is 12.6. The summed E-state index contributed by atoms with van der Waals surface area (Å²) in [5, 5.41) is 8.64. The summed E-state index contributed by atoms with van der Waals surface area (Å²) in [6.45, 7) is 8.41. The van der Waals surface area contributed by atoms with Crippen LogP contribution in [0.2, 0.25) is 0 Å². The molecule has 25 heavy (non-hydrogen) atoms. The van der Waals surface area contributed by atoms with Crippen LogP contribution in [0.1, 0.15) is 34.6 Å². The third-order valence-electron chi connectivity index (χ3n) is 3.25. The van der Waals surface area contributed by atoms with Gasteiger partial charge in [0.05, 0.1) is 5.92 Å². The van der Waals surface area contributed by atoms with E-state index in [9.17, 15) is 14.4 Å². The predicted molar refractivity (Wildman–Crippen MR) is 98.9 cm³/mol. The molecular weight excluding hydrogens is 342 g/mol. The van der Waals surface area contributed by atoms with Gasteiger partial charge in [0.15, 0.2) is 0 Å². The minimum absolute atomic E-state index is 0.148. The highest BCUT2D eigenvalue weighted by atomic mass is 32.2. The number of anilines is 1. The normalized spacial score (nSPS) is 13.6. The van der Waals surface area contributed by atoms with Crippen molar-refractivity contribution in [1.29, 1.82) is 0 Å². The number of carboxylic acid groups (broad SMARTS) is 1. The molecule has 7 heteroatoms. The molecule has 1 amide bonds. The van der Waals surface area contributed by atoms with Gasteiger partial charge in [0, 0.05) is 11.4 Å². The molecule has 6 nitrogen and oxygen atoms in total. The topological polar surface area (TPSA) is 83.9 Å². The summed E-state index contributed by atoms with van der Waals surface area (Å²) >= 11 is 0.910. The van der Waals surface area contributed by atoms with Gasteiger partial charge in [-0.3, -0.25) is 14.5 Å². The Balaban J connectivity index is 2.97. The number of rotatable bonds is 6. The van der Waals surface area contributed by atoms with Gasteiger partial charge in [-0.05, 0) is 39.8 Å². The molecule has 0 bridgehead atoms. The summed E-state index contributed by atoms with van der Waals surface area (Å²) in [5.41, 5.74) is -0.151. The summed E-state index contributed by atoms with van der Waals surface area (Å²) in [4.78, 5) is 37.3. The fourth-order valence-electron chi connectivity index (χ4n) is 1.89. The molecule has 0 saturated carbocycles. The lowest BCUT2D eigenvalue weighted by atomic mass is 10.2. The molecule has 0 aromatic heterocycles. The van der Waals surface area contributed by atoms with Crippen molar-refractivity contribution in [1.82, 2.24) is 0 Å². The lowest BCUT2D eigenvalue weighted by Crippen LogP contribution is -2.45. The average Bonchev–Trinajstić information content (AvgIpc) is 2.51. The van der Waals surface area contributed by atoms with Gasteiger partial charge in [-0.15, -0.1) is 0 Å². The van der Waals surface area contributed by atoms with Crippen LogP contribution in [0.5, 0.6) is 0 Å². The number of benzene rings is 1. The van der Waals surface area contributed by atoms with Crippen molar-refractivity contribution in [2.24, 2.45) is 5.92 Å². The highest BCUT2D eigenvalue weighted by Gasteiger charge is 2.31. The highest BCUT2D eigenvalue weighted by molar-refractivity contribution is 8.13. The first-order valence-electron chi connectivity index (χ1n) is 7.99. The smallest absolute Gasteiger partial charge is 0.415 e. The van der Waals surface area contributed by atoms with E-state index in [0.29, 0.717) is 5.69 Å². The lowest BCUT2D eigenvalue weighted by molar-refractivity contribution is -0.140. The molecule has 0 spiro atoms. The van der Waals surface area contributed by atoms with E-state index >= 15 is 0 Å². The summed E-state index contributed by atoms with van der Waals surface area (Å²) in [5.74, 6) is -1.46. The number of carbonyl (C=O) groups excluding carboxylic acids is 2. The fourth-order valence-corrected chi connectivity index (χ4v) is 2.79. The summed E-state index contributed by atoms with van der Waals surface area (Å²) in [6, 6.07) is 8.00. The summed E-state index contributed by atoms with van der Waals surface area (Å²) < 4.78 is 5.42. The number of aliphatic carboxylic acids is 1. The molecule has 0 aliphatic rings. The van der Waals surface area contributed by atoms with Gasteiger partial charge in [-0.25, -0.2) is 4.79 Å². The molecule has 1 aromatic carbocycles. The van der Waals surface area contributed by atoms with Gasteiger partial charge in [-0.2, -0.15) is 0 Å². The minimum atomic E-state index is -0.958. The van der Waals surface area contributed by atoms with Gasteiger partial charge in [-0.1, -0.05) is 36.9 Å². The second-order valence-corrected chi connectivity index (χ2v) is 7.76. The SMILES string of the molecule is CC(CSC(=O)[C@H](C)N(C(=O)OC(C)(C)C)c1ccccc1)C(=O)O. The molecule has 2 atom stereocenters. The van der Waals surface area contributed by atoms with Crippen LogP contribution in [0.3, 0.4) is 0 Å². The second-order valence-electron chi connectivity index (χ2n) is 6.73. The van der Waals surface area contributed by atoms with Crippen molar-refractivity contribution in [2.75, 3.05) is 10.7 Å². The first-order chi connectivity index (χ1) is 11.5. The summed E-state index contributed by atoms with van der Waals surface area (Å²) in [7, 11) is 0. The number of nitrogens with zero attached hydrogens (tertiary/aromatic N) is 1. The zero-order valence-corrected chi connectivity index (χ0v) is 16.0. The van der Waals surface area contributed by atoms with Crippen LogP contribution in [0, 0.1) is 5.92 Å². The molecule has 1 aromatic rings. The zero-order valence-electron chi connectivity index (χ0n) is 15.2. The van der Waals surface area contributed by atoms with Crippen molar-refractivity contribution < 1.29 is 24.2 Å². The minimum Gasteiger partial charge on any atom is -0.481 e. The van der Waals surface area contributed by atoms with E-state index in [1.54, 1.807) is 52.0 Å². The van der Waals surface area contributed by atoms with E-state index in [1.807, 2.05) is 6.07 Å². The number of para-hydroxylation sites is 1. The monoisotopic (exact) mass is 367 g/mol. The second kappa shape index (κ2) is 8.89. The van der Waals surface area contributed by atoms with Gasteiger partial charge in [0.25, 0.3) is 0 Å². The third-order valence-corrected chi connectivity index (χ3v) is 4.54. The standard InChI is InChI=1S/C18H25NO5S/c1-12(15(20)21)11-25-16(22)13(2)19(14-9-7-6-8-10-14)17(23)24-18(3,4)5/h6-10,12-13H,11H2,1-5H3,(H,20,21)/t12?,13-/m0/s1. The van der Waals surface area contributed by atoms with Crippen LogP contribution >= 0.6 is 11.8 Å². The number of carboxylic acids is 1. The van der Waals surface area contributed by atoms with Crippen molar-refractivity contribution in [3.05, 3.63) is 30.3 Å². The molecule has 0 radical (unpaired) electrons. The number of hydrogen-bond donors (Lipinski definition) is 1. The number of carbonyl (C=O) groups is 3. The first kappa shape index (κ1) is 21.0. The van der Waals surface area contributed by atoms with Gasteiger partial charge in [0.1, 0.15) is 11.6 Å². The molecule has 0 fully saturated rings. The Bertz CT molecular complexity index is 612. The summed E-state index contributed by atoms with van der Waals surface area (Å²) in [6.07, 6.45) is -0.619. The molecule has 138 valence electrons. The van der Waals surface area contributed by atoms with E-state index in [0.717, 1.165) is 11.8 Å².